The van der Waals surface area contributed by atoms with E-state index in [0.29, 0.717) is 5.56 Å². The first-order valence-corrected chi connectivity index (χ1v) is 11.0. The molecule has 0 bridgehead atoms. The molecule has 1 aliphatic heterocycles. The summed E-state index contributed by atoms with van der Waals surface area (Å²) in [6.45, 7) is 9.81. The summed E-state index contributed by atoms with van der Waals surface area (Å²) in [6, 6.07) is 7.18. The highest BCUT2D eigenvalue weighted by atomic mass is 32.1. The van der Waals surface area contributed by atoms with E-state index >= 15 is 0 Å². The number of piperidine rings is 1. The molecule has 0 spiro atoms. The zero-order valence-electron chi connectivity index (χ0n) is 17.2. The van der Waals surface area contributed by atoms with Gasteiger partial charge in [0.05, 0.1) is 18.5 Å². The minimum absolute atomic E-state index is 0.425. The monoisotopic (exact) mass is 410 g/mol. The molecular formula is C22H28N5OS+. The number of primary amides is 1. The minimum atomic E-state index is -0.425. The number of thiophene rings is 1. The van der Waals surface area contributed by atoms with Crippen molar-refractivity contribution in [2.24, 2.45) is 11.7 Å². The number of anilines is 2. The maximum absolute atomic E-state index is 11.3. The third kappa shape index (κ3) is 4.26. The number of fused-ring (bicyclic) bond motifs is 1. The number of hydrogen-bond acceptors (Lipinski definition) is 5. The Hall–Kier alpha value is -2.51. The molecule has 7 heteroatoms. The number of nitrogens with two attached hydrogens (primary N) is 1. The Morgan fingerprint density at radius 2 is 1.90 bits per heavy atom. The number of likely N-dealkylation sites (tertiary alicyclic amines) is 1. The van der Waals surface area contributed by atoms with Gasteiger partial charge in [-0.3, -0.25) is 4.79 Å². The molecule has 1 aromatic carbocycles. The van der Waals surface area contributed by atoms with Gasteiger partial charge < -0.3 is 16.0 Å². The maximum Gasteiger partial charge on any atom is 0.248 e. The van der Waals surface area contributed by atoms with Crippen LogP contribution < -0.4 is 16.0 Å². The van der Waals surface area contributed by atoms with Crippen LogP contribution in [0.3, 0.4) is 0 Å². The molecular weight excluding hydrogens is 382 g/mol. The molecule has 29 heavy (non-hydrogen) atoms. The number of nitrogens with one attached hydrogen (secondary N) is 2. The van der Waals surface area contributed by atoms with Crippen molar-refractivity contribution < 1.29 is 9.69 Å². The summed E-state index contributed by atoms with van der Waals surface area (Å²) in [5, 5.41) is 4.53. The van der Waals surface area contributed by atoms with Crippen LogP contribution in [0, 0.1) is 19.8 Å². The fraction of sp³-hybridized carbons (Fsp3) is 0.409. The highest BCUT2D eigenvalue weighted by Gasteiger charge is 2.22. The number of benzene rings is 1. The number of amides is 1. The van der Waals surface area contributed by atoms with E-state index in [1.807, 2.05) is 12.1 Å². The van der Waals surface area contributed by atoms with Crippen LogP contribution in [0.25, 0.3) is 10.2 Å². The Bertz CT molecular complexity index is 1040. The Kier molecular flexibility index (Phi) is 5.52. The smallest absolute Gasteiger partial charge is 0.248 e. The first kappa shape index (κ1) is 19.8. The Balaban J connectivity index is 1.66. The fourth-order valence-electron chi connectivity index (χ4n) is 3.89. The Morgan fingerprint density at radius 1 is 1.21 bits per heavy atom. The van der Waals surface area contributed by atoms with Crippen molar-refractivity contribution in [3.63, 3.8) is 0 Å². The minimum Gasteiger partial charge on any atom is -0.366 e. The van der Waals surface area contributed by atoms with Gasteiger partial charge in [0, 0.05) is 16.1 Å². The lowest BCUT2D eigenvalue weighted by Gasteiger charge is -2.26. The number of aryl methyl sites for hydroxylation is 2. The molecule has 1 saturated heterocycles. The highest BCUT2D eigenvalue weighted by molar-refractivity contribution is 7.18. The topological polar surface area (TPSA) is 85.3 Å². The van der Waals surface area contributed by atoms with Crippen LogP contribution in [0.2, 0.25) is 0 Å². The molecule has 6 nitrogen and oxygen atoms in total. The molecule has 0 saturated carbocycles. The second-order valence-electron chi connectivity index (χ2n) is 8.13. The zero-order valence-corrected chi connectivity index (χ0v) is 18.0. The Morgan fingerprint density at radius 3 is 2.55 bits per heavy atom. The van der Waals surface area contributed by atoms with Crippen molar-refractivity contribution in [2.45, 2.75) is 40.2 Å². The standard InChI is InChI=1S/C22H27N5OS/c1-13-8-10-27(11-9-13)12-18-25-21(19-14(2)15(3)29-22(19)26-18)24-17-6-4-16(5-7-17)20(23)28/h4-7,13H,8-12H2,1-3H3,(H2,23,28)(H,24,25,26)/p+1. The van der Waals surface area contributed by atoms with Gasteiger partial charge >= 0.3 is 0 Å². The van der Waals surface area contributed by atoms with Gasteiger partial charge in [0.15, 0.2) is 5.82 Å². The van der Waals surface area contributed by atoms with Gasteiger partial charge in [0.1, 0.15) is 17.2 Å². The molecule has 1 amide bonds. The van der Waals surface area contributed by atoms with Crippen LogP contribution >= 0.6 is 11.3 Å². The summed E-state index contributed by atoms with van der Waals surface area (Å²) in [4.78, 5) is 25.0. The molecule has 0 radical (unpaired) electrons. The van der Waals surface area contributed by atoms with E-state index in [-0.39, 0.29) is 0 Å². The van der Waals surface area contributed by atoms with Crippen molar-refractivity contribution >= 4 is 39.0 Å². The summed E-state index contributed by atoms with van der Waals surface area (Å²) in [7, 11) is 0. The molecule has 3 heterocycles. The quantitative estimate of drug-likeness (QED) is 0.604. The van der Waals surface area contributed by atoms with Gasteiger partial charge in [0.2, 0.25) is 5.91 Å². The number of aromatic nitrogens is 2. The van der Waals surface area contributed by atoms with Gasteiger partial charge in [0.25, 0.3) is 0 Å². The first-order chi connectivity index (χ1) is 13.9. The van der Waals surface area contributed by atoms with Crippen LogP contribution in [0.15, 0.2) is 24.3 Å². The summed E-state index contributed by atoms with van der Waals surface area (Å²) in [5.74, 6) is 2.12. The van der Waals surface area contributed by atoms with E-state index in [2.05, 4.69) is 26.1 Å². The predicted molar refractivity (Wildman–Crippen MR) is 118 cm³/mol. The molecule has 1 aliphatic rings. The second-order valence-corrected chi connectivity index (χ2v) is 9.33. The third-order valence-electron chi connectivity index (χ3n) is 5.90. The number of carbonyl (C=O) groups is 1. The lowest BCUT2D eigenvalue weighted by molar-refractivity contribution is -0.920. The third-order valence-corrected chi connectivity index (χ3v) is 7.00. The SMILES string of the molecule is Cc1sc2nc(C[NH+]3CCC(C)CC3)nc(Nc3ccc(C(N)=O)cc3)c2c1C. The summed E-state index contributed by atoms with van der Waals surface area (Å²) in [6.07, 6.45) is 2.54. The van der Waals surface area contributed by atoms with Crippen LogP contribution in [-0.4, -0.2) is 29.0 Å². The van der Waals surface area contributed by atoms with Crippen LogP contribution in [0.4, 0.5) is 11.5 Å². The van der Waals surface area contributed by atoms with Gasteiger partial charge in [-0.25, -0.2) is 9.97 Å². The van der Waals surface area contributed by atoms with Gasteiger partial charge in [-0.05, 0) is 62.4 Å². The largest absolute Gasteiger partial charge is 0.366 e. The van der Waals surface area contributed by atoms with Crippen molar-refractivity contribution in [3.8, 4) is 0 Å². The Labute approximate surface area is 175 Å². The van der Waals surface area contributed by atoms with Gasteiger partial charge in [-0.2, -0.15) is 0 Å². The number of nitrogens with zero attached hydrogens (tertiary/aromatic N) is 2. The maximum atomic E-state index is 11.3. The molecule has 0 atom stereocenters. The lowest BCUT2D eigenvalue weighted by atomic mass is 9.99. The van der Waals surface area contributed by atoms with E-state index in [1.54, 1.807) is 28.4 Å². The molecule has 0 aliphatic carbocycles. The molecule has 2 aromatic heterocycles. The van der Waals surface area contributed by atoms with Gasteiger partial charge in [-0.15, -0.1) is 11.3 Å². The normalized spacial score (nSPS) is 19.4. The van der Waals surface area contributed by atoms with E-state index in [4.69, 9.17) is 15.7 Å². The summed E-state index contributed by atoms with van der Waals surface area (Å²) >= 11 is 1.72. The molecule has 4 N–H and O–H groups in total. The number of hydrogen-bond donors (Lipinski definition) is 3. The number of quaternary nitrogens is 1. The van der Waals surface area contributed by atoms with E-state index in [1.165, 1.54) is 36.4 Å². The molecule has 152 valence electrons. The lowest BCUT2D eigenvalue weighted by Crippen LogP contribution is -3.11. The van der Waals surface area contributed by atoms with Gasteiger partial charge in [-0.1, -0.05) is 6.92 Å². The average Bonchev–Trinajstić information content (AvgIpc) is 2.98. The predicted octanol–water partition coefficient (Wildman–Crippen LogP) is 2.97. The first-order valence-electron chi connectivity index (χ1n) is 10.2. The van der Waals surface area contributed by atoms with Crippen LogP contribution in [0.5, 0.6) is 0 Å². The van der Waals surface area contributed by atoms with Crippen molar-refractivity contribution in [2.75, 3.05) is 18.4 Å². The number of rotatable bonds is 5. The molecule has 3 aromatic rings. The van der Waals surface area contributed by atoms with Crippen molar-refractivity contribution in [3.05, 3.63) is 46.1 Å². The highest BCUT2D eigenvalue weighted by Crippen LogP contribution is 2.34. The van der Waals surface area contributed by atoms with Crippen molar-refractivity contribution in [1.29, 1.82) is 0 Å². The molecule has 4 rings (SSSR count). The summed E-state index contributed by atoms with van der Waals surface area (Å²) in [5.41, 5.74) is 7.94. The average molecular weight is 411 g/mol. The van der Waals surface area contributed by atoms with Crippen LogP contribution in [0.1, 0.15) is 46.4 Å². The van der Waals surface area contributed by atoms with E-state index < -0.39 is 5.91 Å². The van der Waals surface area contributed by atoms with Crippen molar-refractivity contribution in [1.82, 2.24) is 9.97 Å². The second kappa shape index (κ2) is 8.08. The van der Waals surface area contributed by atoms with E-state index in [9.17, 15) is 4.79 Å². The molecule has 0 unspecified atom stereocenters. The van der Waals surface area contributed by atoms with E-state index in [0.717, 1.165) is 40.0 Å². The fourth-order valence-corrected chi connectivity index (χ4v) is 4.94. The molecule has 1 fully saturated rings. The zero-order chi connectivity index (χ0) is 20.5. The number of carbonyl (C=O) groups excluding carboxylic acids is 1. The van der Waals surface area contributed by atoms with Crippen LogP contribution in [-0.2, 0) is 6.54 Å². The summed E-state index contributed by atoms with van der Waals surface area (Å²) < 4.78 is 0.